The molecule has 6 nitrogen and oxygen atoms in total. The lowest BCUT2D eigenvalue weighted by molar-refractivity contribution is -0.141. The maximum Gasteiger partial charge on any atom is 0.306 e. The van der Waals surface area contributed by atoms with Crippen molar-refractivity contribution in [1.82, 2.24) is 4.90 Å². The van der Waals surface area contributed by atoms with Crippen LogP contribution in [0.4, 0.5) is 4.39 Å². The number of hydrogen-bond donors (Lipinski definition) is 1. The number of morpholine rings is 1. The zero-order chi connectivity index (χ0) is 16.1. The number of hydrogen-bond acceptors (Lipinski definition) is 4. The van der Waals surface area contributed by atoms with Crippen molar-refractivity contribution >= 4 is 11.9 Å². The molecular formula is C15H18FNO5. The van der Waals surface area contributed by atoms with Gasteiger partial charge in [-0.1, -0.05) is 6.07 Å². The summed E-state index contributed by atoms with van der Waals surface area (Å²) in [6, 6.07) is 4.17. The van der Waals surface area contributed by atoms with Crippen molar-refractivity contribution in [1.29, 1.82) is 0 Å². The highest BCUT2D eigenvalue weighted by Crippen LogP contribution is 2.25. The molecule has 7 heteroatoms. The average molecular weight is 311 g/mol. The zero-order valence-electron chi connectivity index (χ0n) is 12.3. The SMILES string of the molecule is CCOc1c(F)cccc1C(=O)N1CCOC(CC(=O)O)C1. The summed E-state index contributed by atoms with van der Waals surface area (Å²) in [7, 11) is 0. The van der Waals surface area contributed by atoms with Crippen molar-refractivity contribution in [2.75, 3.05) is 26.3 Å². The Labute approximate surface area is 127 Å². The molecule has 1 atom stereocenters. The van der Waals surface area contributed by atoms with Crippen LogP contribution in [-0.2, 0) is 9.53 Å². The third kappa shape index (κ3) is 3.73. The van der Waals surface area contributed by atoms with Gasteiger partial charge in [0.15, 0.2) is 11.6 Å². The van der Waals surface area contributed by atoms with Gasteiger partial charge in [0.05, 0.1) is 31.3 Å². The summed E-state index contributed by atoms with van der Waals surface area (Å²) in [4.78, 5) is 24.8. The first-order valence-electron chi connectivity index (χ1n) is 7.07. The first-order chi connectivity index (χ1) is 10.5. The Morgan fingerprint density at radius 2 is 2.27 bits per heavy atom. The minimum absolute atomic E-state index is 0.0729. The monoisotopic (exact) mass is 311 g/mol. The van der Waals surface area contributed by atoms with Gasteiger partial charge in [-0.2, -0.15) is 0 Å². The third-order valence-electron chi connectivity index (χ3n) is 3.31. The first-order valence-corrected chi connectivity index (χ1v) is 7.07. The standard InChI is InChI=1S/C15H18FNO5/c1-2-21-14-11(4-3-5-12(14)16)15(20)17-6-7-22-10(9-17)8-13(18)19/h3-5,10H,2,6-9H2,1H3,(H,18,19). The van der Waals surface area contributed by atoms with E-state index < -0.39 is 17.9 Å². The predicted molar refractivity (Wildman–Crippen MR) is 75.5 cm³/mol. The molecule has 0 bridgehead atoms. The van der Waals surface area contributed by atoms with E-state index in [9.17, 15) is 14.0 Å². The van der Waals surface area contributed by atoms with E-state index in [2.05, 4.69) is 0 Å². The van der Waals surface area contributed by atoms with E-state index in [1.165, 1.54) is 23.1 Å². The molecule has 0 aliphatic carbocycles. The third-order valence-corrected chi connectivity index (χ3v) is 3.31. The second-order valence-electron chi connectivity index (χ2n) is 4.89. The van der Waals surface area contributed by atoms with Gasteiger partial charge in [0.1, 0.15) is 0 Å². The Balaban J connectivity index is 2.17. The molecule has 1 aromatic carbocycles. The van der Waals surface area contributed by atoms with Gasteiger partial charge in [0, 0.05) is 13.1 Å². The number of carboxylic acid groups (broad SMARTS) is 1. The highest BCUT2D eigenvalue weighted by Gasteiger charge is 2.28. The van der Waals surface area contributed by atoms with Crippen LogP contribution >= 0.6 is 0 Å². The summed E-state index contributed by atoms with van der Waals surface area (Å²) in [5.41, 5.74) is 0.137. The Morgan fingerprint density at radius 3 is 2.95 bits per heavy atom. The lowest BCUT2D eigenvalue weighted by Gasteiger charge is -2.32. The number of para-hydroxylation sites is 1. The van der Waals surface area contributed by atoms with Crippen LogP contribution in [0.25, 0.3) is 0 Å². The molecule has 1 aromatic rings. The van der Waals surface area contributed by atoms with Crippen LogP contribution in [0.1, 0.15) is 23.7 Å². The number of halogens is 1. The van der Waals surface area contributed by atoms with Crippen LogP contribution in [0.5, 0.6) is 5.75 Å². The second-order valence-corrected chi connectivity index (χ2v) is 4.89. The Bertz CT molecular complexity index is 563. The fourth-order valence-corrected chi connectivity index (χ4v) is 2.36. The van der Waals surface area contributed by atoms with Crippen molar-refractivity contribution in [2.24, 2.45) is 0 Å². The smallest absolute Gasteiger partial charge is 0.306 e. The number of carbonyl (C=O) groups excluding carboxylic acids is 1. The number of carbonyl (C=O) groups is 2. The van der Waals surface area contributed by atoms with E-state index in [-0.39, 0.29) is 43.4 Å². The minimum atomic E-state index is -0.986. The molecule has 1 fully saturated rings. The number of aliphatic carboxylic acids is 1. The van der Waals surface area contributed by atoms with E-state index in [1.807, 2.05) is 0 Å². The van der Waals surface area contributed by atoms with Crippen molar-refractivity contribution in [3.63, 3.8) is 0 Å². The van der Waals surface area contributed by atoms with E-state index >= 15 is 0 Å². The number of nitrogens with zero attached hydrogens (tertiary/aromatic N) is 1. The van der Waals surface area contributed by atoms with Gasteiger partial charge in [-0.15, -0.1) is 0 Å². The molecule has 1 N–H and O–H groups in total. The van der Waals surface area contributed by atoms with Gasteiger partial charge >= 0.3 is 5.97 Å². The Hall–Kier alpha value is -2.15. The predicted octanol–water partition coefficient (Wildman–Crippen LogP) is 1.54. The number of amides is 1. The number of carboxylic acids is 1. The second kappa shape index (κ2) is 7.22. The fraction of sp³-hybridized carbons (Fsp3) is 0.467. The highest BCUT2D eigenvalue weighted by atomic mass is 19.1. The Kier molecular flexibility index (Phi) is 5.32. The van der Waals surface area contributed by atoms with E-state index in [0.29, 0.717) is 6.54 Å². The van der Waals surface area contributed by atoms with Crippen molar-refractivity contribution in [3.8, 4) is 5.75 Å². The molecule has 0 saturated carbocycles. The largest absolute Gasteiger partial charge is 0.490 e. The van der Waals surface area contributed by atoms with E-state index in [0.717, 1.165) is 0 Å². The van der Waals surface area contributed by atoms with Crippen LogP contribution in [-0.4, -0.2) is 54.3 Å². The molecule has 0 aromatic heterocycles. The summed E-state index contributed by atoms with van der Waals surface area (Å²) < 4.78 is 24.4. The topological polar surface area (TPSA) is 76.1 Å². The summed E-state index contributed by atoms with van der Waals surface area (Å²) in [5, 5.41) is 8.81. The first kappa shape index (κ1) is 16.2. The highest BCUT2D eigenvalue weighted by molar-refractivity contribution is 5.97. The van der Waals surface area contributed by atoms with Crippen molar-refractivity contribution in [2.45, 2.75) is 19.4 Å². The molecule has 1 aliphatic rings. The number of ether oxygens (including phenoxy) is 2. The molecule has 120 valence electrons. The molecule has 1 unspecified atom stereocenters. The summed E-state index contributed by atoms with van der Waals surface area (Å²) in [6.45, 7) is 2.69. The van der Waals surface area contributed by atoms with Crippen molar-refractivity contribution < 1.29 is 28.6 Å². The number of benzene rings is 1. The fourth-order valence-electron chi connectivity index (χ4n) is 2.36. The molecule has 0 spiro atoms. The molecule has 1 aliphatic heterocycles. The van der Waals surface area contributed by atoms with Gasteiger partial charge in [0.25, 0.3) is 5.91 Å². The van der Waals surface area contributed by atoms with Crippen LogP contribution in [0.2, 0.25) is 0 Å². The lowest BCUT2D eigenvalue weighted by atomic mass is 10.1. The minimum Gasteiger partial charge on any atom is -0.490 e. The summed E-state index contributed by atoms with van der Waals surface area (Å²) in [5.74, 6) is -2.04. The van der Waals surface area contributed by atoms with Crippen LogP contribution < -0.4 is 4.74 Å². The molecule has 22 heavy (non-hydrogen) atoms. The normalized spacial score (nSPS) is 18.1. The van der Waals surface area contributed by atoms with Gasteiger partial charge in [0.2, 0.25) is 0 Å². The van der Waals surface area contributed by atoms with Crippen LogP contribution in [0.3, 0.4) is 0 Å². The quantitative estimate of drug-likeness (QED) is 0.892. The zero-order valence-corrected chi connectivity index (χ0v) is 12.3. The van der Waals surface area contributed by atoms with E-state index in [1.54, 1.807) is 6.92 Å². The van der Waals surface area contributed by atoms with E-state index in [4.69, 9.17) is 14.6 Å². The van der Waals surface area contributed by atoms with Crippen molar-refractivity contribution in [3.05, 3.63) is 29.6 Å². The number of rotatable bonds is 5. The molecule has 0 radical (unpaired) electrons. The molecule has 1 amide bonds. The molecule has 1 heterocycles. The lowest BCUT2D eigenvalue weighted by Crippen LogP contribution is -2.46. The van der Waals surface area contributed by atoms with Gasteiger partial charge < -0.3 is 19.5 Å². The molecule has 1 saturated heterocycles. The maximum atomic E-state index is 13.8. The van der Waals surface area contributed by atoms with Gasteiger partial charge in [-0.05, 0) is 19.1 Å². The van der Waals surface area contributed by atoms with Gasteiger partial charge in [-0.25, -0.2) is 4.39 Å². The summed E-state index contributed by atoms with van der Waals surface area (Å²) >= 11 is 0. The Morgan fingerprint density at radius 1 is 1.50 bits per heavy atom. The van der Waals surface area contributed by atoms with Crippen LogP contribution in [0.15, 0.2) is 18.2 Å². The molecular weight excluding hydrogens is 293 g/mol. The van der Waals surface area contributed by atoms with Crippen LogP contribution in [0, 0.1) is 5.82 Å². The molecule has 2 rings (SSSR count). The average Bonchev–Trinajstić information content (AvgIpc) is 2.48. The maximum absolute atomic E-state index is 13.8. The van der Waals surface area contributed by atoms with Gasteiger partial charge in [-0.3, -0.25) is 9.59 Å². The summed E-state index contributed by atoms with van der Waals surface area (Å²) in [6.07, 6.45) is -0.732.